The summed E-state index contributed by atoms with van der Waals surface area (Å²) < 4.78 is 12.7. The third kappa shape index (κ3) is 4.99. The van der Waals surface area contributed by atoms with Crippen LogP contribution in [0.1, 0.15) is 57.8 Å². The number of aromatic hydroxyl groups is 1. The van der Waals surface area contributed by atoms with Crippen LogP contribution in [0.25, 0.3) is 0 Å². The number of methoxy groups -OCH3 is 1. The number of likely N-dealkylation sites (tertiary alicyclic amines) is 1. The number of esters is 1. The minimum Gasteiger partial charge on any atom is -0.502 e. The molecule has 0 aliphatic carbocycles. The van der Waals surface area contributed by atoms with Crippen LogP contribution in [-0.2, 0) is 22.6 Å². The predicted octanol–water partition coefficient (Wildman–Crippen LogP) is 2.52. The van der Waals surface area contributed by atoms with E-state index in [-0.39, 0.29) is 35.1 Å². The first-order valence-corrected chi connectivity index (χ1v) is 12.4. The molecule has 1 fully saturated rings. The number of rotatable bonds is 7. The number of aromatic nitrogens is 1. The summed E-state index contributed by atoms with van der Waals surface area (Å²) in [5.74, 6) is -2.42. The Morgan fingerprint density at radius 3 is 2.58 bits per heavy atom. The van der Waals surface area contributed by atoms with Crippen LogP contribution in [0.15, 0.2) is 62.5 Å². The van der Waals surface area contributed by atoms with Crippen molar-refractivity contribution in [2.45, 2.75) is 37.8 Å². The van der Waals surface area contributed by atoms with Gasteiger partial charge in [0, 0.05) is 43.4 Å². The molecule has 2 bridgehead atoms. The molecule has 0 unspecified atom stereocenters. The fourth-order valence-electron chi connectivity index (χ4n) is 5.68. The first kappa shape index (κ1) is 25.5. The Balaban J connectivity index is 1.45. The zero-order valence-corrected chi connectivity index (χ0v) is 20.8. The van der Waals surface area contributed by atoms with Crippen molar-refractivity contribution in [1.29, 1.82) is 0 Å². The lowest BCUT2D eigenvalue weighted by atomic mass is 9.83. The molecule has 3 atom stereocenters. The fourth-order valence-corrected chi connectivity index (χ4v) is 5.68. The number of hydrogen-bond donors (Lipinski definition) is 2. The number of carboxylic acids is 1. The van der Waals surface area contributed by atoms with E-state index < -0.39 is 29.0 Å². The Kier molecular flexibility index (Phi) is 6.90. The van der Waals surface area contributed by atoms with Gasteiger partial charge in [-0.3, -0.25) is 19.3 Å². The summed E-state index contributed by atoms with van der Waals surface area (Å²) in [6.07, 6.45) is 0.764. The van der Waals surface area contributed by atoms with Crippen LogP contribution in [0.5, 0.6) is 5.75 Å². The summed E-state index contributed by atoms with van der Waals surface area (Å²) in [4.78, 5) is 50.8. The van der Waals surface area contributed by atoms with Crippen LogP contribution >= 0.6 is 0 Å². The molecule has 0 amide bonds. The van der Waals surface area contributed by atoms with Gasteiger partial charge in [0.15, 0.2) is 5.76 Å². The molecule has 4 heterocycles. The van der Waals surface area contributed by atoms with E-state index in [9.17, 15) is 29.4 Å². The summed E-state index contributed by atoms with van der Waals surface area (Å²) in [5.41, 5.74) is 0.935. The SMILES string of the molecule is COC(=O)C[C@H](c1ccc(C(=O)O)cc1)c1oc(CN2C[C@H]3C[C@@H](C2)c2cccc(=O)n2C3)cc(=O)c1O. The van der Waals surface area contributed by atoms with Crippen LogP contribution in [0.2, 0.25) is 0 Å². The number of fused-ring (bicyclic) bond motifs is 4. The number of ether oxygens (including phenoxy) is 1. The zero-order valence-electron chi connectivity index (χ0n) is 20.8. The average molecular weight is 521 g/mol. The van der Waals surface area contributed by atoms with Gasteiger partial charge in [-0.05, 0) is 36.1 Å². The van der Waals surface area contributed by atoms with Crippen molar-refractivity contribution in [1.82, 2.24) is 9.47 Å². The smallest absolute Gasteiger partial charge is 0.335 e. The maximum Gasteiger partial charge on any atom is 0.335 e. The molecular formula is C28H28N2O8. The maximum atomic E-state index is 12.8. The van der Waals surface area contributed by atoms with Crippen LogP contribution in [0.4, 0.5) is 0 Å². The van der Waals surface area contributed by atoms with Crippen molar-refractivity contribution >= 4 is 11.9 Å². The van der Waals surface area contributed by atoms with Gasteiger partial charge in [0.2, 0.25) is 11.2 Å². The third-order valence-corrected chi connectivity index (χ3v) is 7.41. The van der Waals surface area contributed by atoms with E-state index in [1.807, 2.05) is 10.6 Å². The lowest BCUT2D eigenvalue weighted by Gasteiger charge is -2.42. The zero-order chi connectivity index (χ0) is 27.0. The molecule has 1 aromatic carbocycles. The molecule has 2 aliphatic rings. The molecule has 38 heavy (non-hydrogen) atoms. The van der Waals surface area contributed by atoms with Crippen molar-refractivity contribution in [2.75, 3.05) is 20.2 Å². The first-order chi connectivity index (χ1) is 18.2. The highest BCUT2D eigenvalue weighted by Gasteiger charge is 2.35. The van der Waals surface area contributed by atoms with Gasteiger partial charge in [0.05, 0.1) is 31.6 Å². The van der Waals surface area contributed by atoms with E-state index >= 15 is 0 Å². The molecular weight excluding hydrogens is 492 g/mol. The van der Waals surface area contributed by atoms with E-state index in [0.717, 1.165) is 18.7 Å². The fraction of sp³-hybridized carbons (Fsp3) is 0.357. The second-order valence-electron chi connectivity index (χ2n) is 9.94. The second kappa shape index (κ2) is 10.3. The Hall–Kier alpha value is -4.18. The number of nitrogens with zero attached hydrogens (tertiary/aromatic N) is 2. The van der Waals surface area contributed by atoms with Crippen molar-refractivity contribution in [3.8, 4) is 5.75 Å². The molecule has 10 nitrogen and oxygen atoms in total. The van der Waals surface area contributed by atoms with Crippen molar-refractivity contribution in [3.63, 3.8) is 0 Å². The molecule has 0 radical (unpaired) electrons. The Bertz CT molecular complexity index is 1490. The topological polar surface area (TPSA) is 139 Å². The van der Waals surface area contributed by atoms with E-state index in [2.05, 4.69) is 4.90 Å². The summed E-state index contributed by atoms with van der Waals surface area (Å²) in [5, 5.41) is 19.9. The number of piperidine rings is 1. The van der Waals surface area contributed by atoms with Gasteiger partial charge in [-0.1, -0.05) is 18.2 Å². The number of aromatic carboxylic acids is 1. The summed E-state index contributed by atoms with van der Waals surface area (Å²) in [6.45, 7) is 2.36. The number of benzene rings is 1. The molecule has 2 aromatic heterocycles. The van der Waals surface area contributed by atoms with Gasteiger partial charge in [-0.15, -0.1) is 0 Å². The standard InChI is InChI=1S/C28H28N2O8/c1-37-25(33)11-21(17-5-7-18(8-6-17)28(35)36)27-26(34)23(31)10-20(38-27)15-29-12-16-9-19(14-29)22-3-2-4-24(32)30(22)13-16/h2-8,10,16,19,21,34H,9,11-15H2,1H3,(H,35,36)/t16-,19+,21-/m1/s1. The lowest BCUT2D eigenvalue weighted by Crippen LogP contribution is -2.46. The van der Waals surface area contributed by atoms with Crippen LogP contribution in [0, 0.1) is 5.92 Å². The van der Waals surface area contributed by atoms with Gasteiger partial charge in [-0.2, -0.15) is 0 Å². The number of hydrogen-bond acceptors (Lipinski definition) is 8. The highest BCUT2D eigenvalue weighted by Crippen LogP contribution is 2.37. The molecule has 3 aromatic rings. The van der Waals surface area contributed by atoms with Crippen molar-refractivity contribution in [3.05, 3.63) is 97.4 Å². The minimum atomic E-state index is -1.10. The van der Waals surface area contributed by atoms with Crippen LogP contribution in [0.3, 0.4) is 0 Å². The molecule has 10 heteroatoms. The minimum absolute atomic E-state index is 0.00728. The van der Waals surface area contributed by atoms with Crippen molar-refractivity contribution in [2.24, 2.45) is 5.92 Å². The highest BCUT2D eigenvalue weighted by molar-refractivity contribution is 5.87. The van der Waals surface area contributed by atoms with Gasteiger partial charge in [-0.25, -0.2) is 4.79 Å². The number of pyridine rings is 1. The maximum absolute atomic E-state index is 12.8. The monoisotopic (exact) mass is 520 g/mol. The van der Waals surface area contributed by atoms with Gasteiger partial charge in [0.25, 0.3) is 5.56 Å². The Morgan fingerprint density at radius 1 is 1.11 bits per heavy atom. The number of carboxylic acid groups (broad SMARTS) is 1. The quantitative estimate of drug-likeness (QED) is 0.450. The summed E-state index contributed by atoms with van der Waals surface area (Å²) in [6, 6.07) is 12.4. The molecule has 198 valence electrons. The summed E-state index contributed by atoms with van der Waals surface area (Å²) in [7, 11) is 1.23. The molecule has 2 aliphatic heterocycles. The molecule has 0 spiro atoms. The van der Waals surface area contributed by atoms with E-state index in [4.69, 9.17) is 9.15 Å². The predicted molar refractivity (Wildman–Crippen MR) is 135 cm³/mol. The number of carbonyl (C=O) groups excluding carboxylic acids is 1. The highest BCUT2D eigenvalue weighted by atomic mass is 16.5. The first-order valence-electron chi connectivity index (χ1n) is 12.4. The lowest BCUT2D eigenvalue weighted by molar-refractivity contribution is -0.140. The van der Waals surface area contributed by atoms with Gasteiger partial charge >= 0.3 is 11.9 Å². The van der Waals surface area contributed by atoms with Gasteiger partial charge in [0.1, 0.15) is 5.76 Å². The average Bonchev–Trinajstić information content (AvgIpc) is 2.90. The number of carbonyl (C=O) groups is 2. The molecule has 1 saturated heterocycles. The van der Waals surface area contributed by atoms with E-state index in [1.165, 1.54) is 37.4 Å². The van der Waals surface area contributed by atoms with E-state index in [0.29, 0.717) is 31.0 Å². The molecule has 0 saturated carbocycles. The molecule has 5 rings (SSSR count). The normalized spacial score (nSPS) is 19.4. The largest absolute Gasteiger partial charge is 0.502 e. The molecule has 2 N–H and O–H groups in total. The summed E-state index contributed by atoms with van der Waals surface area (Å²) >= 11 is 0. The van der Waals surface area contributed by atoms with Crippen LogP contribution < -0.4 is 11.0 Å². The van der Waals surface area contributed by atoms with E-state index in [1.54, 1.807) is 12.1 Å². The van der Waals surface area contributed by atoms with Crippen LogP contribution in [-0.4, -0.2) is 51.8 Å². The Morgan fingerprint density at radius 2 is 1.87 bits per heavy atom. The third-order valence-electron chi connectivity index (χ3n) is 7.41. The second-order valence-corrected chi connectivity index (χ2v) is 9.94. The van der Waals surface area contributed by atoms with Gasteiger partial charge < -0.3 is 23.9 Å². The Labute approximate surface area is 217 Å². The van der Waals surface area contributed by atoms with Crippen molar-refractivity contribution < 1.29 is 29.0 Å².